The molecule has 2 unspecified atom stereocenters. The number of hydrogen-bond donors (Lipinski definition) is 1. The molecule has 0 aliphatic heterocycles. The van der Waals surface area contributed by atoms with Crippen molar-refractivity contribution in [2.75, 3.05) is 14.2 Å². The van der Waals surface area contributed by atoms with Crippen molar-refractivity contribution < 1.29 is 4.74 Å². The van der Waals surface area contributed by atoms with Crippen LogP contribution in [0, 0.1) is 11.3 Å². The fraction of sp³-hybridized carbons (Fsp3) is 0.500. The normalized spacial score (nSPS) is 26.8. The van der Waals surface area contributed by atoms with Crippen LogP contribution < -0.4 is 10.1 Å². The summed E-state index contributed by atoms with van der Waals surface area (Å²) in [6.07, 6.45) is 2.92. The Morgan fingerprint density at radius 2 is 2.39 bits per heavy atom. The van der Waals surface area contributed by atoms with Crippen LogP contribution in [0.3, 0.4) is 0 Å². The summed E-state index contributed by atoms with van der Waals surface area (Å²) >= 11 is 1.84. The summed E-state index contributed by atoms with van der Waals surface area (Å²) in [5.74, 6) is 0.887. The predicted molar refractivity (Wildman–Crippen MR) is 73.9 cm³/mol. The number of nitrogens with one attached hydrogen (secondary N) is 1. The summed E-state index contributed by atoms with van der Waals surface area (Å²) in [6, 6.07) is 10.5. The van der Waals surface area contributed by atoms with Gasteiger partial charge in [-0.05, 0) is 44.5 Å². The van der Waals surface area contributed by atoms with Crippen molar-refractivity contribution in [1.82, 2.24) is 5.32 Å². The molecule has 1 aliphatic rings. The molecule has 4 heteroatoms. The highest BCUT2D eigenvalue weighted by atomic mass is 32.2. The summed E-state index contributed by atoms with van der Waals surface area (Å²) in [5, 5.41) is 12.9. The van der Waals surface area contributed by atoms with E-state index in [2.05, 4.69) is 23.5 Å². The molecule has 0 bridgehead atoms. The molecule has 0 saturated heterocycles. The third-order valence-corrected chi connectivity index (χ3v) is 4.77. The molecule has 1 aromatic carbocycles. The van der Waals surface area contributed by atoms with Crippen molar-refractivity contribution in [3.63, 3.8) is 0 Å². The smallest absolute Gasteiger partial charge is 0.119 e. The third-order valence-electron chi connectivity index (χ3n) is 3.51. The molecule has 1 saturated carbocycles. The van der Waals surface area contributed by atoms with Gasteiger partial charge in [0.2, 0.25) is 0 Å². The maximum absolute atomic E-state index is 9.24. The van der Waals surface area contributed by atoms with Crippen LogP contribution in [0.15, 0.2) is 29.2 Å². The molecular weight excluding hydrogens is 244 g/mol. The minimum Gasteiger partial charge on any atom is -0.497 e. The van der Waals surface area contributed by atoms with Gasteiger partial charge >= 0.3 is 0 Å². The van der Waals surface area contributed by atoms with E-state index in [1.807, 2.05) is 30.9 Å². The molecule has 1 fully saturated rings. The lowest BCUT2D eigenvalue weighted by atomic mass is 10.0. The van der Waals surface area contributed by atoms with Gasteiger partial charge in [0, 0.05) is 10.1 Å². The fourth-order valence-corrected chi connectivity index (χ4v) is 3.68. The van der Waals surface area contributed by atoms with Crippen molar-refractivity contribution in [2.45, 2.75) is 34.9 Å². The standard InChI is InChI=1S/C14H18N2OS/c1-16-14(10-15)7-6-13(9-14)18-12-5-3-4-11(8-12)17-2/h3-5,8,13,16H,6-7,9H2,1-2H3. The molecule has 18 heavy (non-hydrogen) atoms. The van der Waals surface area contributed by atoms with E-state index in [4.69, 9.17) is 4.74 Å². The minimum absolute atomic E-state index is 0.323. The highest BCUT2D eigenvalue weighted by Gasteiger charge is 2.38. The first-order valence-electron chi connectivity index (χ1n) is 6.12. The van der Waals surface area contributed by atoms with Gasteiger partial charge in [0.25, 0.3) is 0 Å². The van der Waals surface area contributed by atoms with E-state index in [9.17, 15) is 5.26 Å². The lowest BCUT2D eigenvalue weighted by molar-refractivity contribution is 0.413. The van der Waals surface area contributed by atoms with E-state index in [0.29, 0.717) is 5.25 Å². The molecular formula is C14H18N2OS. The molecule has 1 aromatic rings. The Bertz CT molecular complexity index is 457. The summed E-state index contributed by atoms with van der Waals surface area (Å²) in [7, 11) is 3.56. The second kappa shape index (κ2) is 5.64. The SMILES string of the molecule is CNC1(C#N)CCC(Sc2cccc(OC)c2)C1. The molecule has 3 nitrogen and oxygen atoms in total. The topological polar surface area (TPSA) is 45.0 Å². The van der Waals surface area contributed by atoms with Crippen LogP contribution >= 0.6 is 11.8 Å². The Morgan fingerprint density at radius 1 is 1.56 bits per heavy atom. The molecule has 2 atom stereocenters. The zero-order chi connectivity index (χ0) is 13.0. The lowest BCUT2D eigenvalue weighted by Gasteiger charge is -2.19. The first kappa shape index (κ1) is 13.3. The van der Waals surface area contributed by atoms with Gasteiger partial charge in [-0.25, -0.2) is 0 Å². The van der Waals surface area contributed by atoms with Crippen LogP contribution in [0.4, 0.5) is 0 Å². The Balaban J connectivity index is 2.01. The summed E-state index contributed by atoms with van der Waals surface area (Å²) in [5.41, 5.74) is -0.323. The third kappa shape index (κ3) is 2.80. The predicted octanol–water partition coefficient (Wildman–Crippen LogP) is 2.82. The van der Waals surface area contributed by atoms with Gasteiger partial charge in [0.15, 0.2) is 0 Å². The highest BCUT2D eigenvalue weighted by Crippen LogP contribution is 2.40. The first-order valence-corrected chi connectivity index (χ1v) is 7.00. The number of ether oxygens (including phenoxy) is 1. The first-order chi connectivity index (χ1) is 8.71. The average Bonchev–Trinajstić information content (AvgIpc) is 2.83. The fourth-order valence-electron chi connectivity index (χ4n) is 2.35. The lowest BCUT2D eigenvalue weighted by Crippen LogP contribution is -2.38. The van der Waals surface area contributed by atoms with Crippen LogP contribution in [0.5, 0.6) is 5.75 Å². The Labute approximate surface area is 113 Å². The molecule has 0 radical (unpaired) electrons. The van der Waals surface area contributed by atoms with Gasteiger partial charge in [-0.3, -0.25) is 0 Å². The summed E-state index contributed by atoms with van der Waals surface area (Å²) in [4.78, 5) is 1.21. The van der Waals surface area contributed by atoms with Crippen molar-refractivity contribution in [1.29, 1.82) is 5.26 Å². The van der Waals surface area contributed by atoms with Gasteiger partial charge in [-0.1, -0.05) is 6.07 Å². The second-order valence-electron chi connectivity index (χ2n) is 4.61. The van der Waals surface area contributed by atoms with Gasteiger partial charge in [-0.15, -0.1) is 11.8 Å². The van der Waals surface area contributed by atoms with Crippen molar-refractivity contribution in [3.8, 4) is 11.8 Å². The zero-order valence-corrected chi connectivity index (χ0v) is 11.6. The second-order valence-corrected chi connectivity index (χ2v) is 5.98. The number of nitrogens with zero attached hydrogens (tertiary/aromatic N) is 1. The number of methoxy groups -OCH3 is 1. The monoisotopic (exact) mass is 262 g/mol. The van der Waals surface area contributed by atoms with Gasteiger partial charge in [0.05, 0.1) is 13.2 Å². The Kier molecular flexibility index (Phi) is 4.15. The molecule has 0 amide bonds. The van der Waals surface area contributed by atoms with E-state index in [-0.39, 0.29) is 5.54 Å². The number of rotatable bonds is 4. The number of nitriles is 1. The van der Waals surface area contributed by atoms with Crippen LogP contribution in [0.2, 0.25) is 0 Å². The van der Waals surface area contributed by atoms with E-state index >= 15 is 0 Å². The Hall–Kier alpha value is -1.18. The molecule has 96 valence electrons. The van der Waals surface area contributed by atoms with Crippen LogP contribution in [-0.2, 0) is 0 Å². The molecule has 0 spiro atoms. The maximum atomic E-state index is 9.24. The van der Waals surface area contributed by atoms with E-state index in [0.717, 1.165) is 25.0 Å². The summed E-state index contributed by atoms with van der Waals surface area (Å²) < 4.78 is 5.22. The quantitative estimate of drug-likeness (QED) is 0.906. The number of hydrogen-bond acceptors (Lipinski definition) is 4. The van der Waals surface area contributed by atoms with E-state index in [1.54, 1.807) is 7.11 Å². The van der Waals surface area contributed by atoms with Crippen LogP contribution in [-0.4, -0.2) is 24.9 Å². The summed E-state index contributed by atoms with van der Waals surface area (Å²) in [6.45, 7) is 0. The number of benzene rings is 1. The molecule has 0 heterocycles. The minimum atomic E-state index is -0.323. The van der Waals surface area contributed by atoms with Gasteiger partial charge in [-0.2, -0.15) is 5.26 Å². The van der Waals surface area contributed by atoms with Crippen LogP contribution in [0.1, 0.15) is 19.3 Å². The Morgan fingerprint density at radius 3 is 3.00 bits per heavy atom. The average molecular weight is 262 g/mol. The molecule has 1 aliphatic carbocycles. The van der Waals surface area contributed by atoms with Crippen LogP contribution in [0.25, 0.3) is 0 Å². The largest absolute Gasteiger partial charge is 0.497 e. The highest BCUT2D eigenvalue weighted by molar-refractivity contribution is 8.00. The van der Waals surface area contributed by atoms with Gasteiger partial charge in [0.1, 0.15) is 11.3 Å². The zero-order valence-electron chi connectivity index (χ0n) is 10.8. The van der Waals surface area contributed by atoms with E-state index in [1.165, 1.54) is 4.90 Å². The number of thioether (sulfide) groups is 1. The van der Waals surface area contributed by atoms with E-state index < -0.39 is 0 Å². The van der Waals surface area contributed by atoms with Gasteiger partial charge < -0.3 is 10.1 Å². The van der Waals surface area contributed by atoms with Crippen molar-refractivity contribution >= 4 is 11.8 Å². The molecule has 0 aromatic heterocycles. The molecule has 1 N–H and O–H groups in total. The van der Waals surface area contributed by atoms with Crippen molar-refractivity contribution in [3.05, 3.63) is 24.3 Å². The maximum Gasteiger partial charge on any atom is 0.119 e. The van der Waals surface area contributed by atoms with Crippen molar-refractivity contribution in [2.24, 2.45) is 0 Å². The molecule has 2 rings (SSSR count).